The van der Waals surface area contributed by atoms with Crippen LogP contribution in [-0.2, 0) is 11.3 Å². The van der Waals surface area contributed by atoms with E-state index in [0.717, 1.165) is 19.5 Å². The highest BCUT2D eigenvalue weighted by Crippen LogP contribution is 2.21. The second-order valence-electron chi connectivity index (χ2n) is 5.24. The van der Waals surface area contributed by atoms with Crippen molar-refractivity contribution in [3.8, 4) is 0 Å². The van der Waals surface area contributed by atoms with E-state index in [2.05, 4.69) is 54.4 Å². The van der Waals surface area contributed by atoms with Crippen LogP contribution < -0.4 is 10.6 Å². The zero-order valence-corrected chi connectivity index (χ0v) is 12.6. The standard InChI is InChI=1S/C15H27N3O/c1-5-17-15(12(2)3)13-8-10-18(11-13)9-6-7-14(19)16-4/h8,10-12,15,17H,5-7,9H2,1-4H3,(H,16,19). The van der Waals surface area contributed by atoms with Crippen LogP contribution in [0.25, 0.3) is 0 Å². The van der Waals surface area contributed by atoms with E-state index >= 15 is 0 Å². The van der Waals surface area contributed by atoms with Gasteiger partial charge < -0.3 is 15.2 Å². The van der Waals surface area contributed by atoms with Gasteiger partial charge in [0.2, 0.25) is 5.91 Å². The molecule has 0 spiro atoms. The van der Waals surface area contributed by atoms with E-state index in [0.29, 0.717) is 18.4 Å². The van der Waals surface area contributed by atoms with E-state index < -0.39 is 0 Å². The number of carbonyl (C=O) groups is 1. The van der Waals surface area contributed by atoms with E-state index in [9.17, 15) is 4.79 Å². The number of hydrogen-bond acceptors (Lipinski definition) is 2. The van der Waals surface area contributed by atoms with Gasteiger partial charge in [0.05, 0.1) is 0 Å². The van der Waals surface area contributed by atoms with E-state index in [1.165, 1.54) is 5.56 Å². The number of nitrogens with one attached hydrogen (secondary N) is 2. The van der Waals surface area contributed by atoms with E-state index in [1.54, 1.807) is 7.05 Å². The molecule has 1 rings (SSSR count). The van der Waals surface area contributed by atoms with E-state index in [-0.39, 0.29) is 5.91 Å². The molecule has 0 bridgehead atoms. The van der Waals surface area contributed by atoms with Crippen LogP contribution >= 0.6 is 0 Å². The average molecular weight is 265 g/mol. The molecular weight excluding hydrogens is 238 g/mol. The Morgan fingerprint density at radius 3 is 2.74 bits per heavy atom. The summed E-state index contributed by atoms with van der Waals surface area (Å²) >= 11 is 0. The first-order valence-electron chi connectivity index (χ1n) is 7.18. The molecule has 1 aromatic rings. The highest BCUT2D eigenvalue weighted by Gasteiger charge is 2.15. The summed E-state index contributed by atoms with van der Waals surface area (Å²) in [6, 6.07) is 2.58. The summed E-state index contributed by atoms with van der Waals surface area (Å²) in [5.41, 5.74) is 1.33. The maximum Gasteiger partial charge on any atom is 0.219 e. The molecule has 1 aromatic heterocycles. The molecule has 0 fully saturated rings. The van der Waals surface area contributed by atoms with Crippen molar-refractivity contribution < 1.29 is 4.79 Å². The number of amides is 1. The van der Waals surface area contributed by atoms with Crippen LogP contribution in [0.3, 0.4) is 0 Å². The van der Waals surface area contributed by atoms with Crippen molar-refractivity contribution in [2.24, 2.45) is 5.92 Å². The first-order valence-corrected chi connectivity index (χ1v) is 7.18. The summed E-state index contributed by atoms with van der Waals surface area (Å²) < 4.78 is 2.17. The van der Waals surface area contributed by atoms with Crippen LogP contribution in [0.2, 0.25) is 0 Å². The number of nitrogens with zero attached hydrogens (tertiary/aromatic N) is 1. The maximum absolute atomic E-state index is 11.2. The van der Waals surface area contributed by atoms with Crippen molar-refractivity contribution in [1.82, 2.24) is 15.2 Å². The number of aryl methyl sites for hydroxylation is 1. The van der Waals surface area contributed by atoms with Gasteiger partial charge in [0.1, 0.15) is 0 Å². The van der Waals surface area contributed by atoms with Crippen molar-refractivity contribution in [1.29, 1.82) is 0 Å². The SMILES string of the molecule is CCNC(c1ccn(CCCC(=O)NC)c1)C(C)C. The third-order valence-electron chi connectivity index (χ3n) is 3.32. The molecule has 19 heavy (non-hydrogen) atoms. The van der Waals surface area contributed by atoms with Crippen molar-refractivity contribution in [3.05, 3.63) is 24.0 Å². The van der Waals surface area contributed by atoms with Gasteiger partial charge in [-0.25, -0.2) is 0 Å². The fraction of sp³-hybridized carbons (Fsp3) is 0.667. The zero-order valence-electron chi connectivity index (χ0n) is 12.6. The Morgan fingerprint density at radius 1 is 1.42 bits per heavy atom. The lowest BCUT2D eigenvalue weighted by Crippen LogP contribution is -2.25. The fourth-order valence-electron chi connectivity index (χ4n) is 2.29. The Bertz CT molecular complexity index is 384. The number of hydrogen-bond donors (Lipinski definition) is 2. The quantitative estimate of drug-likeness (QED) is 0.758. The summed E-state index contributed by atoms with van der Waals surface area (Å²) in [5.74, 6) is 0.682. The van der Waals surface area contributed by atoms with Gasteiger partial charge >= 0.3 is 0 Å². The molecule has 1 amide bonds. The summed E-state index contributed by atoms with van der Waals surface area (Å²) in [7, 11) is 1.68. The van der Waals surface area contributed by atoms with Crippen LogP contribution in [0.15, 0.2) is 18.5 Å². The minimum Gasteiger partial charge on any atom is -0.359 e. The lowest BCUT2D eigenvalue weighted by Gasteiger charge is -2.20. The molecule has 0 saturated heterocycles. The Balaban J connectivity index is 2.53. The van der Waals surface area contributed by atoms with Gasteiger partial charge in [0.25, 0.3) is 0 Å². The van der Waals surface area contributed by atoms with Gasteiger partial charge in [-0.2, -0.15) is 0 Å². The van der Waals surface area contributed by atoms with Gasteiger partial charge in [0.15, 0.2) is 0 Å². The molecule has 1 heterocycles. The summed E-state index contributed by atoms with van der Waals surface area (Å²) in [6.07, 6.45) is 5.76. The second kappa shape index (κ2) is 8.00. The van der Waals surface area contributed by atoms with E-state index in [1.807, 2.05) is 0 Å². The lowest BCUT2D eigenvalue weighted by atomic mass is 9.98. The second-order valence-corrected chi connectivity index (χ2v) is 5.24. The molecule has 0 aliphatic rings. The summed E-state index contributed by atoms with van der Waals surface area (Å²) in [6.45, 7) is 8.47. The zero-order chi connectivity index (χ0) is 14.3. The minimum absolute atomic E-state index is 0.111. The molecule has 0 radical (unpaired) electrons. The van der Waals surface area contributed by atoms with Crippen LogP contribution in [0, 0.1) is 5.92 Å². The van der Waals surface area contributed by atoms with E-state index in [4.69, 9.17) is 0 Å². The van der Waals surface area contributed by atoms with Crippen LogP contribution in [-0.4, -0.2) is 24.1 Å². The number of aromatic nitrogens is 1. The molecule has 2 N–H and O–H groups in total. The van der Waals surface area contributed by atoms with Gasteiger partial charge in [0, 0.05) is 38.4 Å². The van der Waals surface area contributed by atoms with Crippen molar-refractivity contribution in [3.63, 3.8) is 0 Å². The predicted molar refractivity (Wildman–Crippen MR) is 79.0 cm³/mol. The summed E-state index contributed by atoms with van der Waals surface area (Å²) in [5, 5.41) is 6.17. The third kappa shape index (κ3) is 5.07. The van der Waals surface area contributed by atoms with Gasteiger partial charge in [-0.1, -0.05) is 20.8 Å². The van der Waals surface area contributed by atoms with Crippen molar-refractivity contribution in [2.75, 3.05) is 13.6 Å². The highest BCUT2D eigenvalue weighted by molar-refractivity contribution is 5.75. The molecule has 0 aliphatic heterocycles. The number of rotatable bonds is 8. The average Bonchev–Trinajstić information content (AvgIpc) is 2.83. The minimum atomic E-state index is 0.111. The normalized spacial score (nSPS) is 12.7. The van der Waals surface area contributed by atoms with Gasteiger partial charge in [-0.05, 0) is 30.5 Å². The first kappa shape index (κ1) is 15.8. The van der Waals surface area contributed by atoms with Gasteiger partial charge in [-0.15, -0.1) is 0 Å². The molecule has 4 nitrogen and oxygen atoms in total. The Kier molecular flexibility index (Phi) is 6.64. The smallest absolute Gasteiger partial charge is 0.219 e. The highest BCUT2D eigenvalue weighted by atomic mass is 16.1. The molecule has 1 atom stereocenters. The Labute approximate surface area is 116 Å². The molecular formula is C15H27N3O. The number of carbonyl (C=O) groups excluding carboxylic acids is 1. The Morgan fingerprint density at radius 2 is 2.16 bits per heavy atom. The monoisotopic (exact) mass is 265 g/mol. The van der Waals surface area contributed by atoms with Crippen LogP contribution in [0.5, 0.6) is 0 Å². The first-order chi connectivity index (χ1) is 9.08. The largest absolute Gasteiger partial charge is 0.359 e. The van der Waals surface area contributed by atoms with Crippen LogP contribution in [0.1, 0.15) is 45.2 Å². The van der Waals surface area contributed by atoms with Crippen molar-refractivity contribution in [2.45, 2.75) is 46.2 Å². The fourth-order valence-corrected chi connectivity index (χ4v) is 2.29. The molecule has 0 saturated carbocycles. The third-order valence-corrected chi connectivity index (χ3v) is 3.32. The van der Waals surface area contributed by atoms with Gasteiger partial charge in [-0.3, -0.25) is 4.79 Å². The molecule has 108 valence electrons. The molecule has 1 unspecified atom stereocenters. The molecule has 0 aromatic carbocycles. The van der Waals surface area contributed by atoms with Crippen molar-refractivity contribution >= 4 is 5.91 Å². The molecule has 4 heteroatoms. The van der Waals surface area contributed by atoms with Crippen LogP contribution in [0.4, 0.5) is 0 Å². The molecule has 0 aliphatic carbocycles. The predicted octanol–water partition coefficient (Wildman–Crippen LogP) is 2.32. The lowest BCUT2D eigenvalue weighted by molar-refractivity contribution is -0.120. The maximum atomic E-state index is 11.2. The topological polar surface area (TPSA) is 46.1 Å². The summed E-state index contributed by atoms with van der Waals surface area (Å²) in [4.78, 5) is 11.2. The Hall–Kier alpha value is -1.29.